The third-order valence-electron chi connectivity index (χ3n) is 3.30. The molecule has 1 aromatic rings. The molecule has 1 aliphatic rings. The van der Waals surface area contributed by atoms with Gasteiger partial charge in [0.25, 0.3) is 5.91 Å². The molecule has 2 heterocycles. The van der Waals surface area contributed by atoms with Gasteiger partial charge in [0.15, 0.2) is 0 Å². The van der Waals surface area contributed by atoms with Crippen LogP contribution >= 0.6 is 23.1 Å². The molecule has 1 amide bonds. The highest BCUT2D eigenvalue weighted by atomic mass is 32.2. The normalized spacial score (nSPS) is 22.8. The van der Waals surface area contributed by atoms with Gasteiger partial charge in [-0.2, -0.15) is 11.8 Å². The van der Waals surface area contributed by atoms with Crippen molar-refractivity contribution >= 4 is 29.0 Å². The van der Waals surface area contributed by atoms with Crippen LogP contribution in [0.15, 0.2) is 11.4 Å². The topological polar surface area (TPSA) is 46.3 Å². The summed E-state index contributed by atoms with van der Waals surface area (Å²) in [4.78, 5) is 15.4. The summed E-state index contributed by atoms with van der Waals surface area (Å²) in [5, 5.41) is 2.38. The molecule has 0 spiro atoms. The monoisotopic (exact) mass is 294 g/mol. The maximum absolute atomic E-state index is 12.5. The zero-order valence-electron chi connectivity index (χ0n) is 11.2. The number of hydrogen-bond donors (Lipinski definition) is 1. The Morgan fingerprint density at radius 2 is 2.37 bits per heavy atom. The molecule has 5 heteroatoms. The van der Waals surface area contributed by atoms with E-state index < -0.39 is 0 Å². The largest absolute Gasteiger partial charge is 0.334 e. The first-order valence-corrected chi connectivity index (χ1v) is 8.26. The molecule has 1 aromatic heterocycles. The minimum atomic E-state index is 0.122. The molecule has 0 saturated carbocycles. The van der Waals surface area contributed by atoms with Gasteiger partial charge in [-0.05, 0) is 13.0 Å². The van der Waals surface area contributed by atoms with Crippen molar-refractivity contribution in [2.45, 2.75) is 25.1 Å². The molecule has 1 fully saturated rings. The molecule has 1 aliphatic heterocycles. The smallest absolute Gasteiger partial charge is 0.255 e. The zero-order chi connectivity index (χ0) is 13.8. The Morgan fingerprint density at radius 3 is 3.11 bits per heavy atom. The summed E-state index contributed by atoms with van der Waals surface area (Å²) in [7, 11) is 0. The minimum absolute atomic E-state index is 0.122. The number of thiophene rings is 1. The fourth-order valence-corrected chi connectivity index (χ4v) is 3.89. The Balaban J connectivity index is 2.12. The van der Waals surface area contributed by atoms with Crippen LogP contribution in [0.1, 0.15) is 29.1 Å². The molecular weight excluding hydrogens is 276 g/mol. The molecule has 0 bridgehead atoms. The maximum Gasteiger partial charge on any atom is 0.255 e. The number of carbonyl (C=O) groups is 1. The van der Waals surface area contributed by atoms with Gasteiger partial charge in [-0.25, -0.2) is 0 Å². The summed E-state index contributed by atoms with van der Waals surface area (Å²) in [5.74, 6) is 6.92. The second-order valence-electron chi connectivity index (χ2n) is 4.52. The first-order valence-electron chi connectivity index (χ1n) is 6.33. The van der Waals surface area contributed by atoms with Crippen LogP contribution in [0.3, 0.4) is 0 Å². The molecule has 19 heavy (non-hydrogen) atoms. The van der Waals surface area contributed by atoms with Gasteiger partial charge in [0.05, 0.1) is 17.0 Å². The minimum Gasteiger partial charge on any atom is -0.334 e. The SMILES string of the molecule is CC1SCCN(C(=O)c2csc(C#CCN)c2)C1C. The van der Waals surface area contributed by atoms with Crippen molar-refractivity contribution in [1.29, 1.82) is 0 Å². The van der Waals surface area contributed by atoms with E-state index in [4.69, 9.17) is 5.73 Å². The first-order chi connectivity index (χ1) is 9.13. The van der Waals surface area contributed by atoms with E-state index in [1.807, 2.05) is 28.1 Å². The Morgan fingerprint density at radius 1 is 1.58 bits per heavy atom. The molecule has 0 aromatic carbocycles. The molecule has 2 rings (SSSR count). The van der Waals surface area contributed by atoms with E-state index in [0.717, 1.165) is 22.7 Å². The van der Waals surface area contributed by atoms with Crippen LogP contribution in [0.2, 0.25) is 0 Å². The number of amides is 1. The Labute approximate surface area is 122 Å². The van der Waals surface area contributed by atoms with Crippen LogP contribution < -0.4 is 5.73 Å². The van der Waals surface area contributed by atoms with Crippen LogP contribution in [0.5, 0.6) is 0 Å². The van der Waals surface area contributed by atoms with Crippen LogP contribution in [-0.2, 0) is 0 Å². The predicted molar refractivity (Wildman–Crippen MR) is 82.7 cm³/mol. The van der Waals surface area contributed by atoms with Gasteiger partial charge >= 0.3 is 0 Å². The second kappa shape index (κ2) is 6.47. The van der Waals surface area contributed by atoms with E-state index in [0.29, 0.717) is 11.8 Å². The van der Waals surface area contributed by atoms with Crippen molar-refractivity contribution < 1.29 is 4.79 Å². The lowest BCUT2D eigenvalue weighted by molar-refractivity contribution is 0.0699. The highest BCUT2D eigenvalue weighted by Gasteiger charge is 2.29. The van der Waals surface area contributed by atoms with Crippen LogP contribution in [0.25, 0.3) is 0 Å². The van der Waals surface area contributed by atoms with Gasteiger partial charge in [0, 0.05) is 29.0 Å². The third-order valence-corrected chi connectivity index (χ3v) is 5.49. The predicted octanol–water partition coefficient (Wildman–Crippen LogP) is 2.02. The number of nitrogens with zero attached hydrogens (tertiary/aromatic N) is 1. The lowest BCUT2D eigenvalue weighted by atomic mass is 10.1. The van der Waals surface area contributed by atoms with Crippen LogP contribution in [0, 0.1) is 11.8 Å². The average Bonchev–Trinajstić information content (AvgIpc) is 2.87. The van der Waals surface area contributed by atoms with E-state index in [1.165, 1.54) is 11.3 Å². The Kier molecular flexibility index (Phi) is 4.92. The highest BCUT2D eigenvalue weighted by Crippen LogP contribution is 2.26. The molecular formula is C14H18N2OS2. The molecule has 1 saturated heterocycles. The molecule has 0 aliphatic carbocycles. The van der Waals surface area contributed by atoms with Crippen molar-refractivity contribution in [3.63, 3.8) is 0 Å². The van der Waals surface area contributed by atoms with Crippen molar-refractivity contribution in [1.82, 2.24) is 4.90 Å². The average molecular weight is 294 g/mol. The van der Waals surface area contributed by atoms with Gasteiger partial charge in [0.2, 0.25) is 0 Å². The molecule has 0 radical (unpaired) electrons. The van der Waals surface area contributed by atoms with E-state index in [-0.39, 0.29) is 11.9 Å². The summed E-state index contributed by atoms with van der Waals surface area (Å²) in [5.41, 5.74) is 6.09. The molecule has 2 N–H and O–H groups in total. The second-order valence-corrected chi connectivity index (χ2v) is 6.92. The first kappa shape index (κ1) is 14.4. The lowest BCUT2D eigenvalue weighted by Crippen LogP contribution is -2.47. The third kappa shape index (κ3) is 3.33. The zero-order valence-corrected chi connectivity index (χ0v) is 12.8. The number of carbonyl (C=O) groups excluding carboxylic acids is 1. The van der Waals surface area contributed by atoms with Crippen molar-refractivity contribution in [2.24, 2.45) is 5.73 Å². The fraction of sp³-hybridized carbons (Fsp3) is 0.500. The van der Waals surface area contributed by atoms with E-state index in [2.05, 4.69) is 25.7 Å². The maximum atomic E-state index is 12.5. The quantitative estimate of drug-likeness (QED) is 0.806. The fourth-order valence-electron chi connectivity index (χ4n) is 2.04. The van der Waals surface area contributed by atoms with E-state index in [1.54, 1.807) is 0 Å². The number of hydrogen-bond acceptors (Lipinski definition) is 4. The van der Waals surface area contributed by atoms with Crippen molar-refractivity contribution in [3.05, 3.63) is 21.9 Å². The van der Waals surface area contributed by atoms with E-state index >= 15 is 0 Å². The van der Waals surface area contributed by atoms with E-state index in [9.17, 15) is 4.79 Å². The summed E-state index contributed by atoms with van der Waals surface area (Å²) < 4.78 is 0. The summed E-state index contributed by atoms with van der Waals surface area (Å²) in [6.07, 6.45) is 0. The summed E-state index contributed by atoms with van der Waals surface area (Å²) in [6.45, 7) is 5.48. The molecule has 102 valence electrons. The van der Waals surface area contributed by atoms with Gasteiger partial charge in [-0.15, -0.1) is 11.3 Å². The lowest BCUT2D eigenvalue weighted by Gasteiger charge is -2.37. The summed E-state index contributed by atoms with van der Waals surface area (Å²) >= 11 is 3.43. The number of nitrogens with two attached hydrogens (primary N) is 1. The van der Waals surface area contributed by atoms with Crippen LogP contribution in [0.4, 0.5) is 0 Å². The summed E-state index contributed by atoms with van der Waals surface area (Å²) in [6, 6.07) is 2.15. The standard InChI is InChI=1S/C14H18N2OS2/c1-10-11(2)18-7-6-16(10)14(17)12-8-13(19-9-12)4-3-5-15/h8-11H,5-7,15H2,1-2H3. The molecule has 2 unspecified atom stereocenters. The Bertz CT molecular complexity index is 515. The van der Waals surface area contributed by atoms with Gasteiger partial charge in [0.1, 0.15) is 0 Å². The Hall–Kier alpha value is -0.960. The highest BCUT2D eigenvalue weighted by molar-refractivity contribution is 8.00. The molecule has 2 atom stereocenters. The number of rotatable bonds is 1. The van der Waals surface area contributed by atoms with Gasteiger partial charge in [-0.3, -0.25) is 4.79 Å². The van der Waals surface area contributed by atoms with Crippen LogP contribution in [-0.4, -0.2) is 40.9 Å². The van der Waals surface area contributed by atoms with Crippen molar-refractivity contribution in [2.75, 3.05) is 18.8 Å². The van der Waals surface area contributed by atoms with Gasteiger partial charge in [-0.1, -0.05) is 18.8 Å². The van der Waals surface area contributed by atoms with Crippen molar-refractivity contribution in [3.8, 4) is 11.8 Å². The number of thioether (sulfide) groups is 1. The van der Waals surface area contributed by atoms with Gasteiger partial charge < -0.3 is 10.6 Å². The molecule has 3 nitrogen and oxygen atoms in total.